The van der Waals surface area contributed by atoms with E-state index in [1.54, 1.807) is 23.7 Å². The lowest BCUT2D eigenvalue weighted by atomic mass is 10.2. The lowest BCUT2D eigenvalue weighted by Gasteiger charge is -2.04. The number of aromatic nitrogens is 3. The van der Waals surface area contributed by atoms with Crippen LogP contribution in [0.3, 0.4) is 0 Å². The molecule has 0 fully saturated rings. The van der Waals surface area contributed by atoms with Crippen molar-refractivity contribution in [1.82, 2.24) is 15.0 Å². The van der Waals surface area contributed by atoms with Crippen LogP contribution in [0.4, 0.5) is 10.9 Å². The Kier molecular flexibility index (Phi) is 2.45. The number of rotatable bonds is 2. The van der Waals surface area contributed by atoms with Crippen LogP contribution in [0.1, 0.15) is 5.69 Å². The second kappa shape index (κ2) is 4.10. The van der Waals surface area contributed by atoms with Gasteiger partial charge in [0.1, 0.15) is 5.52 Å². The Morgan fingerprint density at radius 2 is 2.12 bits per heavy atom. The molecule has 0 saturated heterocycles. The smallest absolute Gasteiger partial charge is 0.188 e. The van der Waals surface area contributed by atoms with Crippen LogP contribution in [0.25, 0.3) is 10.9 Å². The van der Waals surface area contributed by atoms with E-state index >= 15 is 0 Å². The molecule has 0 aromatic carbocycles. The predicted octanol–water partition coefficient (Wildman–Crippen LogP) is 3.14. The molecule has 0 saturated carbocycles. The fourth-order valence-electron chi connectivity index (χ4n) is 1.61. The Morgan fingerprint density at radius 1 is 1.18 bits per heavy atom. The van der Waals surface area contributed by atoms with Crippen LogP contribution < -0.4 is 5.32 Å². The van der Waals surface area contributed by atoms with Crippen molar-refractivity contribution < 1.29 is 0 Å². The summed E-state index contributed by atoms with van der Waals surface area (Å²) in [5.41, 5.74) is 1.87. The maximum Gasteiger partial charge on any atom is 0.188 e. The molecule has 0 aliphatic rings. The molecule has 0 atom stereocenters. The molecule has 84 valence electrons. The second-order valence-corrected chi connectivity index (χ2v) is 4.51. The van der Waals surface area contributed by atoms with Gasteiger partial charge in [-0.05, 0) is 19.1 Å². The first-order valence-corrected chi connectivity index (χ1v) is 6.10. The van der Waals surface area contributed by atoms with E-state index in [4.69, 9.17) is 0 Å². The van der Waals surface area contributed by atoms with Crippen molar-refractivity contribution in [2.75, 3.05) is 5.32 Å². The number of hydrogen-bond acceptors (Lipinski definition) is 5. The Bertz CT molecular complexity index is 657. The lowest BCUT2D eigenvalue weighted by molar-refractivity contribution is 1.24. The lowest BCUT2D eigenvalue weighted by Crippen LogP contribution is -1.95. The Labute approximate surface area is 102 Å². The van der Waals surface area contributed by atoms with Gasteiger partial charge in [-0.25, -0.2) is 9.97 Å². The van der Waals surface area contributed by atoms with Crippen molar-refractivity contribution in [3.63, 3.8) is 0 Å². The highest BCUT2D eigenvalue weighted by Gasteiger charge is 2.05. The number of fused-ring (bicyclic) bond motifs is 1. The summed E-state index contributed by atoms with van der Waals surface area (Å²) < 4.78 is 0. The van der Waals surface area contributed by atoms with Crippen LogP contribution in [-0.2, 0) is 0 Å². The van der Waals surface area contributed by atoms with Crippen molar-refractivity contribution in [2.24, 2.45) is 0 Å². The number of pyridine rings is 2. The number of anilines is 2. The number of aryl methyl sites for hydroxylation is 1. The van der Waals surface area contributed by atoms with Crippen LogP contribution in [0.15, 0.2) is 36.0 Å². The standard InChI is InChI=1S/C12H10N4S/c1-8-7-17-12(15-8)16-11-10-9(4-6-14-11)3-2-5-13-10/h2-7H,1H3,(H,14,15,16). The maximum absolute atomic E-state index is 4.35. The molecule has 0 radical (unpaired) electrons. The minimum atomic E-state index is 0.748. The monoisotopic (exact) mass is 242 g/mol. The first kappa shape index (κ1) is 10.2. The highest BCUT2D eigenvalue weighted by Crippen LogP contribution is 2.24. The molecule has 0 aliphatic heterocycles. The van der Waals surface area contributed by atoms with Crippen LogP contribution in [0.2, 0.25) is 0 Å². The summed E-state index contributed by atoms with van der Waals surface area (Å²) in [4.78, 5) is 13.0. The van der Waals surface area contributed by atoms with Gasteiger partial charge in [0.05, 0.1) is 5.69 Å². The zero-order chi connectivity index (χ0) is 11.7. The Morgan fingerprint density at radius 3 is 2.94 bits per heavy atom. The molecule has 1 N–H and O–H groups in total. The maximum atomic E-state index is 4.35. The largest absolute Gasteiger partial charge is 0.314 e. The summed E-state index contributed by atoms with van der Waals surface area (Å²) in [6, 6.07) is 5.88. The van der Waals surface area contributed by atoms with Crippen molar-refractivity contribution in [3.05, 3.63) is 41.7 Å². The SMILES string of the molecule is Cc1csc(Nc2nccc3cccnc23)n1. The van der Waals surface area contributed by atoms with Crippen LogP contribution in [0, 0.1) is 6.92 Å². The Balaban J connectivity index is 2.05. The minimum Gasteiger partial charge on any atom is -0.314 e. The van der Waals surface area contributed by atoms with Crippen molar-refractivity contribution >= 4 is 33.2 Å². The number of hydrogen-bond donors (Lipinski definition) is 1. The molecule has 0 spiro atoms. The quantitative estimate of drug-likeness (QED) is 0.750. The molecule has 3 aromatic heterocycles. The molecule has 3 heterocycles. The fraction of sp³-hybridized carbons (Fsp3) is 0.0833. The van der Waals surface area contributed by atoms with E-state index in [-0.39, 0.29) is 0 Å². The van der Waals surface area contributed by atoms with Crippen LogP contribution in [-0.4, -0.2) is 15.0 Å². The fourth-order valence-corrected chi connectivity index (χ4v) is 2.29. The summed E-state index contributed by atoms with van der Waals surface area (Å²) in [5, 5.41) is 7.11. The van der Waals surface area contributed by atoms with Gasteiger partial charge in [-0.3, -0.25) is 4.98 Å². The third kappa shape index (κ3) is 1.97. The third-order valence-corrected chi connectivity index (χ3v) is 3.24. The van der Waals surface area contributed by atoms with Gasteiger partial charge in [-0.2, -0.15) is 0 Å². The Hall–Kier alpha value is -2.01. The average molecular weight is 242 g/mol. The molecule has 3 rings (SSSR count). The van der Waals surface area contributed by atoms with E-state index in [1.165, 1.54) is 0 Å². The summed E-state index contributed by atoms with van der Waals surface area (Å²) >= 11 is 1.56. The van der Waals surface area contributed by atoms with E-state index in [1.807, 2.05) is 30.5 Å². The molecular formula is C12H10N4S. The van der Waals surface area contributed by atoms with Gasteiger partial charge < -0.3 is 5.32 Å². The van der Waals surface area contributed by atoms with Crippen molar-refractivity contribution in [3.8, 4) is 0 Å². The van der Waals surface area contributed by atoms with Crippen LogP contribution in [0.5, 0.6) is 0 Å². The van der Waals surface area contributed by atoms with Gasteiger partial charge >= 0.3 is 0 Å². The van der Waals surface area contributed by atoms with Crippen LogP contribution >= 0.6 is 11.3 Å². The van der Waals surface area contributed by atoms with E-state index in [2.05, 4.69) is 20.3 Å². The van der Waals surface area contributed by atoms with Gasteiger partial charge in [-0.15, -0.1) is 11.3 Å². The van der Waals surface area contributed by atoms with Gasteiger partial charge in [0.2, 0.25) is 0 Å². The van der Waals surface area contributed by atoms with Crippen molar-refractivity contribution in [1.29, 1.82) is 0 Å². The van der Waals surface area contributed by atoms with E-state index in [9.17, 15) is 0 Å². The first-order chi connectivity index (χ1) is 8.33. The summed E-state index contributed by atoms with van der Waals surface area (Å²) in [5.74, 6) is 0.748. The molecular weight excluding hydrogens is 232 g/mol. The summed E-state index contributed by atoms with van der Waals surface area (Å²) in [6.07, 6.45) is 3.54. The molecule has 0 aliphatic carbocycles. The highest BCUT2D eigenvalue weighted by molar-refractivity contribution is 7.13. The van der Waals surface area contributed by atoms with E-state index in [0.29, 0.717) is 0 Å². The molecule has 0 amide bonds. The number of nitrogens with zero attached hydrogens (tertiary/aromatic N) is 3. The molecule has 3 aromatic rings. The molecule has 0 unspecified atom stereocenters. The van der Waals surface area contributed by atoms with Crippen molar-refractivity contribution in [2.45, 2.75) is 6.92 Å². The average Bonchev–Trinajstić information content (AvgIpc) is 2.75. The van der Waals surface area contributed by atoms with E-state index < -0.39 is 0 Å². The van der Waals surface area contributed by atoms with Gasteiger partial charge in [0.25, 0.3) is 0 Å². The second-order valence-electron chi connectivity index (χ2n) is 3.65. The van der Waals surface area contributed by atoms with Gasteiger partial charge in [0.15, 0.2) is 10.9 Å². The minimum absolute atomic E-state index is 0.748. The first-order valence-electron chi connectivity index (χ1n) is 5.22. The zero-order valence-electron chi connectivity index (χ0n) is 9.21. The molecule has 4 nitrogen and oxygen atoms in total. The van der Waals surface area contributed by atoms with Gasteiger partial charge in [-0.1, -0.05) is 6.07 Å². The normalized spacial score (nSPS) is 10.6. The highest BCUT2D eigenvalue weighted by atomic mass is 32.1. The summed E-state index contributed by atoms with van der Waals surface area (Å²) in [6.45, 7) is 1.97. The zero-order valence-corrected chi connectivity index (χ0v) is 10.0. The summed E-state index contributed by atoms with van der Waals surface area (Å²) in [7, 11) is 0. The molecule has 5 heteroatoms. The molecule has 0 bridgehead atoms. The predicted molar refractivity (Wildman–Crippen MR) is 69.7 cm³/mol. The van der Waals surface area contributed by atoms with E-state index in [0.717, 1.165) is 27.5 Å². The third-order valence-electron chi connectivity index (χ3n) is 2.37. The number of thiazole rings is 1. The van der Waals surface area contributed by atoms with Gasteiger partial charge in [0, 0.05) is 23.2 Å². The number of nitrogens with one attached hydrogen (secondary N) is 1. The molecule has 17 heavy (non-hydrogen) atoms. The topological polar surface area (TPSA) is 50.7 Å².